The highest BCUT2D eigenvalue weighted by atomic mass is 35.5. The summed E-state index contributed by atoms with van der Waals surface area (Å²) in [7, 11) is 0. The lowest BCUT2D eigenvalue weighted by Crippen LogP contribution is -2.37. The van der Waals surface area contributed by atoms with Crippen molar-refractivity contribution in [2.45, 2.75) is 19.3 Å². The van der Waals surface area contributed by atoms with Gasteiger partial charge in [-0.15, -0.1) is 11.6 Å². The Morgan fingerprint density at radius 1 is 1.50 bits per heavy atom. The van der Waals surface area contributed by atoms with Crippen LogP contribution in [-0.4, -0.2) is 35.1 Å². The van der Waals surface area contributed by atoms with Gasteiger partial charge < -0.3 is 10.0 Å². The zero-order valence-corrected chi connectivity index (χ0v) is 7.76. The smallest absolute Gasteiger partial charge is 0.407 e. The van der Waals surface area contributed by atoms with Crippen LogP contribution in [0.25, 0.3) is 0 Å². The third-order valence-corrected chi connectivity index (χ3v) is 2.62. The molecule has 0 saturated carbocycles. The lowest BCUT2D eigenvalue weighted by Gasteiger charge is -2.29. The summed E-state index contributed by atoms with van der Waals surface area (Å²) in [6.45, 7) is 1.35. The first-order chi connectivity index (χ1) is 5.74. The normalized spacial score (nSPS) is 19.6. The van der Waals surface area contributed by atoms with Crippen LogP contribution in [0.1, 0.15) is 19.3 Å². The highest BCUT2D eigenvalue weighted by Crippen LogP contribution is 2.20. The molecule has 0 aromatic rings. The van der Waals surface area contributed by atoms with Crippen molar-refractivity contribution >= 4 is 17.7 Å². The fraction of sp³-hybridized carbons (Fsp3) is 0.875. The van der Waals surface area contributed by atoms with E-state index >= 15 is 0 Å². The van der Waals surface area contributed by atoms with Gasteiger partial charge in [-0.1, -0.05) is 0 Å². The van der Waals surface area contributed by atoms with Crippen molar-refractivity contribution in [1.29, 1.82) is 0 Å². The summed E-state index contributed by atoms with van der Waals surface area (Å²) < 4.78 is 0. The second-order valence-electron chi connectivity index (χ2n) is 3.19. The molecule has 0 aromatic heterocycles. The van der Waals surface area contributed by atoms with Crippen molar-refractivity contribution in [2.24, 2.45) is 5.92 Å². The van der Waals surface area contributed by atoms with E-state index in [1.54, 1.807) is 0 Å². The molecule has 0 radical (unpaired) electrons. The highest BCUT2D eigenvalue weighted by molar-refractivity contribution is 6.17. The van der Waals surface area contributed by atoms with Crippen molar-refractivity contribution in [3.8, 4) is 0 Å². The van der Waals surface area contributed by atoms with Gasteiger partial charge in [-0.25, -0.2) is 4.79 Å². The molecule has 3 nitrogen and oxygen atoms in total. The topological polar surface area (TPSA) is 40.5 Å². The Kier molecular flexibility index (Phi) is 3.66. The Bertz CT molecular complexity index is 155. The van der Waals surface area contributed by atoms with Gasteiger partial charge in [0.05, 0.1) is 0 Å². The summed E-state index contributed by atoms with van der Waals surface area (Å²) in [4.78, 5) is 12.0. The first kappa shape index (κ1) is 9.65. The second-order valence-corrected chi connectivity index (χ2v) is 3.57. The van der Waals surface area contributed by atoms with Gasteiger partial charge in [0.1, 0.15) is 0 Å². The van der Waals surface area contributed by atoms with Gasteiger partial charge in [0.15, 0.2) is 0 Å². The van der Waals surface area contributed by atoms with Gasteiger partial charge in [-0.3, -0.25) is 0 Å². The van der Waals surface area contributed by atoms with E-state index in [-0.39, 0.29) is 0 Å². The molecule has 1 saturated heterocycles. The SMILES string of the molecule is O=C(O)N1CCC(CCCl)CC1. The molecule has 1 amide bonds. The molecule has 1 aliphatic heterocycles. The average molecular weight is 192 g/mol. The van der Waals surface area contributed by atoms with E-state index in [0.717, 1.165) is 19.3 Å². The molecule has 0 aromatic carbocycles. The fourth-order valence-corrected chi connectivity index (χ4v) is 1.88. The number of likely N-dealkylation sites (tertiary alicyclic amines) is 1. The minimum atomic E-state index is -0.792. The van der Waals surface area contributed by atoms with Crippen LogP contribution in [-0.2, 0) is 0 Å². The number of rotatable bonds is 2. The number of hydrogen-bond donors (Lipinski definition) is 1. The maximum atomic E-state index is 10.5. The monoisotopic (exact) mass is 191 g/mol. The molecule has 1 rings (SSSR count). The zero-order chi connectivity index (χ0) is 8.97. The maximum Gasteiger partial charge on any atom is 0.407 e. The summed E-state index contributed by atoms with van der Waals surface area (Å²) >= 11 is 5.60. The maximum absolute atomic E-state index is 10.5. The van der Waals surface area contributed by atoms with Gasteiger partial charge in [0, 0.05) is 19.0 Å². The minimum Gasteiger partial charge on any atom is -0.465 e. The third kappa shape index (κ3) is 2.55. The summed E-state index contributed by atoms with van der Waals surface area (Å²) in [6.07, 6.45) is 2.17. The highest BCUT2D eigenvalue weighted by Gasteiger charge is 2.21. The van der Waals surface area contributed by atoms with Gasteiger partial charge in [-0.05, 0) is 25.2 Å². The van der Waals surface area contributed by atoms with E-state index in [1.807, 2.05) is 0 Å². The quantitative estimate of drug-likeness (QED) is 0.679. The first-order valence-corrected chi connectivity index (χ1v) is 4.81. The van der Waals surface area contributed by atoms with Crippen molar-refractivity contribution in [2.75, 3.05) is 19.0 Å². The van der Waals surface area contributed by atoms with Gasteiger partial charge in [0.2, 0.25) is 0 Å². The minimum absolute atomic E-state index is 0.637. The lowest BCUT2D eigenvalue weighted by molar-refractivity contribution is 0.124. The number of carbonyl (C=O) groups is 1. The molecule has 1 fully saturated rings. The van der Waals surface area contributed by atoms with E-state index in [9.17, 15) is 4.79 Å². The number of halogens is 1. The molecular formula is C8H14ClNO2. The van der Waals surface area contributed by atoms with Crippen molar-refractivity contribution in [3.63, 3.8) is 0 Å². The molecule has 1 aliphatic rings. The van der Waals surface area contributed by atoms with Crippen LogP contribution in [0.3, 0.4) is 0 Å². The zero-order valence-electron chi connectivity index (χ0n) is 7.00. The number of hydrogen-bond acceptors (Lipinski definition) is 1. The summed E-state index contributed by atoms with van der Waals surface area (Å²) in [6, 6.07) is 0. The van der Waals surface area contributed by atoms with Crippen molar-refractivity contribution < 1.29 is 9.90 Å². The molecule has 1 heterocycles. The van der Waals surface area contributed by atoms with E-state index in [0.29, 0.717) is 24.9 Å². The molecule has 1 N–H and O–H groups in total. The fourth-order valence-electron chi connectivity index (χ4n) is 1.57. The predicted molar refractivity (Wildman–Crippen MR) is 47.7 cm³/mol. The van der Waals surface area contributed by atoms with Crippen LogP contribution in [0, 0.1) is 5.92 Å². The Hall–Kier alpha value is -0.440. The largest absolute Gasteiger partial charge is 0.465 e. The second kappa shape index (κ2) is 4.55. The summed E-state index contributed by atoms with van der Waals surface area (Å²) in [5.41, 5.74) is 0. The predicted octanol–water partition coefficient (Wildman–Crippen LogP) is 2.01. The van der Waals surface area contributed by atoms with E-state index in [1.165, 1.54) is 4.90 Å². The van der Waals surface area contributed by atoms with E-state index in [2.05, 4.69) is 0 Å². The molecular weight excluding hydrogens is 178 g/mol. The number of alkyl halides is 1. The standard InChI is InChI=1S/C8H14ClNO2/c9-4-1-7-2-5-10(6-3-7)8(11)12/h7H,1-6H2,(H,11,12). The average Bonchev–Trinajstić information content (AvgIpc) is 2.06. The molecule has 70 valence electrons. The molecule has 0 aliphatic carbocycles. The van der Waals surface area contributed by atoms with Crippen LogP contribution < -0.4 is 0 Å². The third-order valence-electron chi connectivity index (χ3n) is 2.40. The summed E-state index contributed by atoms with van der Waals surface area (Å²) in [5, 5.41) is 8.65. The summed E-state index contributed by atoms with van der Waals surface area (Å²) in [5.74, 6) is 1.33. The van der Waals surface area contributed by atoms with Gasteiger partial charge in [0.25, 0.3) is 0 Å². The van der Waals surface area contributed by atoms with Crippen LogP contribution in [0.2, 0.25) is 0 Å². The molecule has 0 atom stereocenters. The first-order valence-electron chi connectivity index (χ1n) is 4.28. The number of amides is 1. The van der Waals surface area contributed by atoms with Gasteiger partial charge >= 0.3 is 6.09 Å². The Balaban J connectivity index is 2.25. The van der Waals surface area contributed by atoms with E-state index in [4.69, 9.17) is 16.7 Å². The van der Waals surface area contributed by atoms with E-state index < -0.39 is 6.09 Å². The van der Waals surface area contributed by atoms with Crippen LogP contribution in [0.4, 0.5) is 4.79 Å². The van der Waals surface area contributed by atoms with Crippen molar-refractivity contribution in [1.82, 2.24) is 4.90 Å². The molecule has 4 heteroatoms. The molecule has 0 unspecified atom stereocenters. The Morgan fingerprint density at radius 3 is 2.50 bits per heavy atom. The Morgan fingerprint density at radius 2 is 2.08 bits per heavy atom. The Labute approximate surface area is 77.3 Å². The lowest BCUT2D eigenvalue weighted by atomic mass is 9.95. The number of piperidine rings is 1. The van der Waals surface area contributed by atoms with Crippen LogP contribution in [0.5, 0.6) is 0 Å². The number of carboxylic acid groups (broad SMARTS) is 1. The molecule has 0 bridgehead atoms. The van der Waals surface area contributed by atoms with Crippen LogP contribution in [0.15, 0.2) is 0 Å². The van der Waals surface area contributed by atoms with Crippen LogP contribution >= 0.6 is 11.6 Å². The number of nitrogens with zero attached hydrogens (tertiary/aromatic N) is 1. The molecule has 0 spiro atoms. The van der Waals surface area contributed by atoms with Gasteiger partial charge in [-0.2, -0.15) is 0 Å². The van der Waals surface area contributed by atoms with Crippen molar-refractivity contribution in [3.05, 3.63) is 0 Å². The molecule has 12 heavy (non-hydrogen) atoms.